The van der Waals surface area contributed by atoms with Crippen molar-refractivity contribution in [2.75, 3.05) is 13.7 Å². The number of carbonyl (C=O) groups is 2. The van der Waals surface area contributed by atoms with Crippen LogP contribution >= 0.6 is 0 Å². The predicted molar refractivity (Wildman–Crippen MR) is 134 cm³/mol. The Hall–Kier alpha value is -2.28. The van der Waals surface area contributed by atoms with Crippen LogP contribution in [0.3, 0.4) is 0 Å². The third-order valence-corrected chi connectivity index (χ3v) is 8.63. The van der Waals surface area contributed by atoms with Crippen molar-refractivity contribution < 1.29 is 24.5 Å². The van der Waals surface area contributed by atoms with Crippen molar-refractivity contribution in [3.8, 4) is 0 Å². The number of hydrogen-bond acceptors (Lipinski definition) is 5. The van der Waals surface area contributed by atoms with Crippen molar-refractivity contribution in [2.45, 2.75) is 64.2 Å². The van der Waals surface area contributed by atoms with E-state index in [2.05, 4.69) is 12.2 Å². The number of rotatable bonds is 4. The van der Waals surface area contributed by atoms with E-state index in [-0.39, 0.29) is 48.5 Å². The van der Waals surface area contributed by atoms with Crippen LogP contribution in [-0.2, 0) is 20.7 Å². The van der Waals surface area contributed by atoms with Crippen LogP contribution in [-0.4, -0.2) is 53.4 Å². The van der Waals surface area contributed by atoms with Crippen LogP contribution in [0.2, 0.25) is 0 Å². The number of methoxy groups -OCH3 is 1. The van der Waals surface area contributed by atoms with Gasteiger partial charge in [0.2, 0.25) is 5.91 Å². The number of Topliss-reactive ketones (excluding diaryl/α,β-unsaturated/α-hetero) is 1. The largest absolute Gasteiger partial charge is 0.392 e. The fraction of sp³-hybridized carbons (Fsp3) is 0.586. The van der Waals surface area contributed by atoms with E-state index in [0.29, 0.717) is 19.3 Å². The summed E-state index contributed by atoms with van der Waals surface area (Å²) in [6.07, 6.45) is 6.99. The van der Waals surface area contributed by atoms with Crippen molar-refractivity contribution in [1.29, 1.82) is 0 Å². The molecule has 1 spiro atoms. The van der Waals surface area contributed by atoms with Crippen molar-refractivity contribution in [3.63, 3.8) is 0 Å². The van der Waals surface area contributed by atoms with Gasteiger partial charge in [-0.2, -0.15) is 0 Å². The zero-order valence-electron chi connectivity index (χ0n) is 21.2. The van der Waals surface area contributed by atoms with Gasteiger partial charge in [0.1, 0.15) is 5.41 Å². The second-order valence-electron chi connectivity index (χ2n) is 11.1. The molecule has 0 aromatic heterocycles. The number of benzene rings is 1. The van der Waals surface area contributed by atoms with Gasteiger partial charge in [-0.05, 0) is 49.2 Å². The molecule has 190 valence electrons. The molecule has 3 N–H and O–H groups in total. The van der Waals surface area contributed by atoms with Crippen LogP contribution in [0, 0.1) is 29.1 Å². The summed E-state index contributed by atoms with van der Waals surface area (Å²) in [5, 5.41) is 24.7. The Morgan fingerprint density at radius 1 is 1.17 bits per heavy atom. The van der Waals surface area contributed by atoms with Gasteiger partial charge in [0.25, 0.3) is 0 Å². The van der Waals surface area contributed by atoms with E-state index in [0.717, 1.165) is 11.1 Å². The fourth-order valence-corrected chi connectivity index (χ4v) is 6.93. The maximum absolute atomic E-state index is 14.3. The lowest BCUT2D eigenvalue weighted by atomic mass is 9.54. The topological polar surface area (TPSA) is 95.9 Å². The molecule has 8 unspecified atom stereocenters. The average molecular weight is 482 g/mol. The van der Waals surface area contributed by atoms with Gasteiger partial charge in [0.05, 0.1) is 18.3 Å². The van der Waals surface area contributed by atoms with E-state index in [4.69, 9.17) is 4.74 Å². The van der Waals surface area contributed by atoms with E-state index >= 15 is 0 Å². The van der Waals surface area contributed by atoms with Gasteiger partial charge >= 0.3 is 0 Å². The first-order valence-corrected chi connectivity index (χ1v) is 12.8. The van der Waals surface area contributed by atoms with Gasteiger partial charge in [0, 0.05) is 31.4 Å². The van der Waals surface area contributed by atoms with Crippen LogP contribution in [0.1, 0.15) is 45.6 Å². The van der Waals surface area contributed by atoms with Gasteiger partial charge in [-0.15, -0.1) is 0 Å². The molecule has 1 fully saturated rings. The molecule has 1 amide bonds. The summed E-state index contributed by atoms with van der Waals surface area (Å²) < 4.78 is 5.67. The SMILES string of the molecule is COC1CC(=O)C23C(=O)NC(Cc4ccccc4)C2C(C)C(CO)=CC3C=CCC(C)CC1(C)O. The molecule has 1 saturated heterocycles. The first kappa shape index (κ1) is 25.8. The maximum atomic E-state index is 14.3. The lowest BCUT2D eigenvalue weighted by Crippen LogP contribution is -2.55. The molecule has 0 radical (unpaired) electrons. The highest BCUT2D eigenvalue weighted by atomic mass is 16.5. The second-order valence-corrected chi connectivity index (χ2v) is 11.1. The predicted octanol–water partition coefficient (Wildman–Crippen LogP) is 3.23. The highest BCUT2D eigenvalue weighted by molar-refractivity contribution is 6.09. The summed E-state index contributed by atoms with van der Waals surface area (Å²) in [7, 11) is 1.52. The van der Waals surface area contributed by atoms with Crippen molar-refractivity contribution in [3.05, 3.63) is 59.7 Å². The lowest BCUT2D eigenvalue weighted by Gasteiger charge is -2.45. The molecule has 1 heterocycles. The normalized spacial score (nSPS) is 39.8. The average Bonchev–Trinajstić information content (AvgIpc) is 3.11. The Morgan fingerprint density at radius 2 is 1.89 bits per heavy atom. The maximum Gasteiger partial charge on any atom is 0.235 e. The number of hydrogen-bond donors (Lipinski definition) is 3. The van der Waals surface area contributed by atoms with E-state index in [1.165, 1.54) is 7.11 Å². The van der Waals surface area contributed by atoms with Crippen LogP contribution in [0.5, 0.6) is 0 Å². The summed E-state index contributed by atoms with van der Waals surface area (Å²) in [6.45, 7) is 5.70. The second kappa shape index (κ2) is 10.00. The number of nitrogens with one attached hydrogen (secondary N) is 1. The summed E-state index contributed by atoms with van der Waals surface area (Å²) in [6, 6.07) is 9.72. The van der Waals surface area contributed by atoms with Crippen LogP contribution in [0.15, 0.2) is 54.1 Å². The van der Waals surface area contributed by atoms with E-state index in [1.54, 1.807) is 6.92 Å². The number of amides is 1. The third kappa shape index (κ3) is 4.52. The molecule has 6 nitrogen and oxygen atoms in total. The van der Waals surface area contributed by atoms with Gasteiger partial charge in [-0.3, -0.25) is 9.59 Å². The molecule has 8 atom stereocenters. The van der Waals surface area contributed by atoms with Crippen LogP contribution in [0.4, 0.5) is 0 Å². The third-order valence-electron chi connectivity index (χ3n) is 8.63. The number of ketones is 1. The highest BCUT2D eigenvalue weighted by Gasteiger charge is 2.65. The molecule has 1 aliphatic heterocycles. The summed E-state index contributed by atoms with van der Waals surface area (Å²) >= 11 is 0. The molecule has 1 aromatic carbocycles. The van der Waals surface area contributed by atoms with Gasteiger partial charge < -0.3 is 20.3 Å². The molecule has 4 rings (SSSR count). The van der Waals surface area contributed by atoms with E-state index in [1.807, 2.05) is 55.5 Å². The zero-order chi connectivity index (χ0) is 25.4. The quantitative estimate of drug-likeness (QED) is 0.453. The number of ether oxygens (including phenoxy) is 1. The fourth-order valence-electron chi connectivity index (χ4n) is 6.93. The van der Waals surface area contributed by atoms with E-state index in [9.17, 15) is 19.8 Å². The Morgan fingerprint density at radius 3 is 2.54 bits per heavy atom. The molecular weight excluding hydrogens is 442 g/mol. The molecule has 6 heteroatoms. The summed E-state index contributed by atoms with van der Waals surface area (Å²) in [4.78, 5) is 28.2. The zero-order valence-corrected chi connectivity index (χ0v) is 21.2. The minimum Gasteiger partial charge on any atom is -0.392 e. The highest BCUT2D eigenvalue weighted by Crippen LogP contribution is 2.55. The van der Waals surface area contributed by atoms with Crippen molar-refractivity contribution in [1.82, 2.24) is 5.32 Å². The summed E-state index contributed by atoms with van der Waals surface area (Å²) in [5.74, 6) is -1.24. The van der Waals surface area contributed by atoms with Crippen LogP contribution in [0.25, 0.3) is 0 Å². The number of aliphatic hydroxyl groups is 2. The minimum atomic E-state index is -1.31. The van der Waals surface area contributed by atoms with E-state index < -0.39 is 23.0 Å². The summed E-state index contributed by atoms with van der Waals surface area (Å²) in [5.41, 5.74) is -0.561. The smallest absolute Gasteiger partial charge is 0.235 e. The Balaban J connectivity index is 1.85. The number of aliphatic hydroxyl groups excluding tert-OH is 1. The van der Waals surface area contributed by atoms with Gasteiger partial charge in [-0.1, -0.05) is 62.4 Å². The number of carbonyl (C=O) groups excluding carboxylic acids is 2. The molecule has 3 aliphatic rings. The molecule has 2 aliphatic carbocycles. The van der Waals surface area contributed by atoms with Gasteiger partial charge in [0.15, 0.2) is 5.78 Å². The monoisotopic (exact) mass is 481 g/mol. The standard InChI is InChI=1S/C29H39NO5/c1-18-9-8-12-22-14-21(17-31)19(2)26-23(13-20-10-6-5-7-11-20)30-27(33)29(22,26)24(32)15-25(35-4)28(3,34)16-18/h5-8,10-12,14,18-19,22-23,25-26,31,34H,9,13,15-17H2,1-4H3,(H,30,33). The van der Waals surface area contributed by atoms with Crippen molar-refractivity contribution >= 4 is 11.7 Å². The molecule has 1 aromatic rings. The number of allylic oxidation sites excluding steroid dienone is 3. The first-order chi connectivity index (χ1) is 16.6. The first-order valence-electron chi connectivity index (χ1n) is 12.8. The molecule has 0 bridgehead atoms. The molecule has 0 saturated carbocycles. The van der Waals surface area contributed by atoms with Crippen molar-refractivity contribution in [2.24, 2.45) is 29.1 Å². The lowest BCUT2D eigenvalue weighted by molar-refractivity contribution is -0.152. The molecule has 35 heavy (non-hydrogen) atoms. The molecular formula is C29H39NO5. The Kier molecular flexibility index (Phi) is 7.37. The van der Waals surface area contributed by atoms with Gasteiger partial charge in [-0.25, -0.2) is 0 Å². The Bertz CT molecular complexity index is 1000. The van der Waals surface area contributed by atoms with Crippen LogP contribution < -0.4 is 5.32 Å². The Labute approximate surface area is 208 Å². The minimum absolute atomic E-state index is 0.0441.